The smallest absolute Gasteiger partial charge is 0.281 e. The summed E-state index contributed by atoms with van der Waals surface area (Å²) in [5.41, 5.74) is -0.847. The number of rotatable bonds is 0. The Morgan fingerprint density at radius 2 is 2.14 bits per heavy atom. The van der Waals surface area contributed by atoms with Gasteiger partial charge >= 0.3 is 6.18 Å². The van der Waals surface area contributed by atoms with E-state index in [1.54, 1.807) is 0 Å². The number of aryl methyl sites for hydroxylation is 1. The summed E-state index contributed by atoms with van der Waals surface area (Å²) in [4.78, 5) is 0. The molecule has 0 radical (unpaired) electrons. The van der Waals surface area contributed by atoms with Gasteiger partial charge in [-0.1, -0.05) is 11.8 Å². The average Bonchev–Trinajstić information content (AvgIpc) is 2.42. The SMILES string of the molecule is Cc1[nH]nc(C(F)(F)F)c1C#CCCl. The van der Waals surface area contributed by atoms with Crippen molar-refractivity contribution >= 4 is 11.6 Å². The molecule has 76 valence electrons. The maximum absolute atomic E-state index is 12.3. The lowest BCUT2D eigenvalue weighted by Gasteiger charge is -2.01. The first-order chi connectivity index (χ1) is 6.46. The summed E-state index contributed by atoms with van der Waals surface area (Å²) in [6.45, 7) is 1.47. The van der Waals surface area contributed by atoms with Crippen molar-refractivity contribution in [3.8, 4) is 11.8 Å². The van der Waals surface area contributed by atoms with Crippen LogP contribution in [0.1, 0.15) is 17.0 Å². The highest BCUT2D eigenvalue weighted by Gasteiger charge is 2.37. The van der Waals surface area contributed by atoms with Gasteiger partial charge < -0.3 is 0 Å². The van der Waals surface area contributed by atoms with Gasteiger partial charge in [0.2, 0.25) is 0 Å². The fraction of sp³-hybridized carbons (Fsp3) is 0.375. The molecule has 0 saturated carbocycles. The monoisotopic (exact) mass is 222 g/mol. The van der Waals surface area contributed by atoms with Gasteiger partial charge in [0.05, 0.1) is 11.4 Å². The molecule has 1 aromatic heterocycles. The first kappa shape index (κ1) is 10.9. The van der Waals surface area contributed by atoms with E-state index in [0.717, 1.165) is 0 Å². The molecule has 0 amide bonds. The predicted octanol–water partition coefficient (Wildman–Crippen LogP) is 2.33. The normalized spacial score (nSPS) is 10.9. The molecule has 1 heterocycles. The van der Waals surface area contributed by atoms with Gasteiger partial charge in [-0.3, -0.25) is 5.10 Å². The summed E-state index contributed by atoms with van der Waals surface area (Å²) in [7, 11) is 0. The third-order valence-corrected chi connectivity index (χ3v) is 1.63. The van der Waals surface area contributed by atoms with Crippen LogP contribution >= 0.6 is 11.6 Å². The van der Waals surface area contributed by atoms with Crippen LogP contribution in [0.4, 0.5) is 13.2 Å². The summed E-state index contributed by atoms with van der Waals surface area (Å²) < 4.78 is 36.9. The lowest BCUT2D eigenvalue weighted by atomic mass is 10.2. The van der Waals surface area contributed by atoms with Crippen LogP contribution in [0.15, 0.2) is 0 Å². The van der Waals surface area contributed by atoms with Crippen LogP contribution in [-0.2, 0) is 6.18 Å². The zero-order valence-electron chi connectivity index (χ0n) is 7.17. The second-order valence-electron chi connectivity index (χ2n) is 2.51. The third-order valence-electron chi connectivity index (χ3n) is 1.50. The van der Waals surface area contributed by atoms with E-state index in [1.807, 2.05) is 0 Å². The molecule has 0 unspecified atom stereocenters. The predicted molar refractivity (Wildman–Crippen MR) is 45.9 cm³/mol. The van der Waals surface area contributed by atoms with Crippen molar-refractivity contribution in [2.45, 2.75) is 13.1 Å². The van der Waals surface area contributed by atoms with Gasteiger partial charge in [0.25, 0.3) is 0 Å². The molecule has 1 N–H and O–H groups in total. The van der Waals surface area contributed by atoms with E-state index >= 15 is 0 Å². The van der Waals surface area contributed by atoms with Gasteiger partial charge in [0.15, 0.2) is 5.69 Å². The molecule has 0 aromatic carbocycles. The number of hydrogen-bond acceptors (Lipinski definition) is 1. The van der Waals surface area contributed by atoms with Crippen molar-refractivity contribution in [2.75, 3.05) is 5.88 Å². The Morgan fingerprint density at radius 3 is 2.64 bits per heavy atom. The molecular formula is C8H6ClF3N2. The second-order valence-corrected chi connectivity index (χ2v) is 2.77. The fourth-order valence-corrected chi connectivity index (χ4v) is 0.976. The molecule has 0 aliphatic carbocycles. The van der Waals surface area contributed by atoms with Crippen LogP contribution in [0.3, 0.4) is 0 Å². The molecule has 14 heavy (non-hydrogen) atoms. The Kier molecular flexibility index (Phi) is 3.06. The minimum atomic E-state index is -4.49. The standard InChI is InChI=1S/C8H6ClF3N2/c1-5-6(3-2-4-9)7(14-13-5)8(10,11)12/h4H2,1H3,(H,13,14). The number of aromatic nitrogens is 2. The topological polar surface area (TPSA) is 28.7 Å². The Morgan fingerprint density at radius 1 is 1.50 bits per heavy atom. The Labute approximate surface area is 83.5 Å². The van der Waals surface area contributed by atoms with E-state index in [4.69, 9.17) is 11.6 Å². The molecule has 2 nitrogen and oxygen atoms in total. The molecular weight excluding hydrogens is 217 g/mol. The number of halogens is 4. The number of nitrogens with one attached hydrogen (secondary N) is 1. The van der Waals surface area contributed by atoms with E-state index in [2.05, 4.69) is 22.0 Å². The number of alkyl halides is 4. The van der Waals surface area contributed by atoms with E-state index in [0.29, 0.717) is 0 Å². The molecule has 0 saturated heterocycles. The number of aromatic amines is 1. The maximum Gasteiger partial charge on any atom is 0.436 e. The first-order valence-corrected chi connectivity index (χ1v) is 4.17. The highest BCUT2D eigenvalue weighted by Crippen LogP contribution is 2.30. The highest BCUT2D eigenvalue weighted by molar-refractivity contribution is 6.19. The van der Waals surface area contributed by atoms with Gasteiger partial charge in [-0.05, 0) is 6.92 Å². The first-order valence-electron chi connectivity index (χ1n) is 3.63. The molecule has 6 heteroatoms. The quantitative estimate of drug-likeness (QED) is 0.530. The van der Waals surface area contributed by atoms with Gasteiger partial charge in [0.1, 0.15) is 0 Å². The van der Waals surface area contributed by atoms with Crippen LogP contribution in [0.5, 0.6) is 0 Å². The lowest BCUT2D eigenvalue weighted by Crippen LogP contribution is -2.07. The van der Waals surface area contributed by atoms with E-state index in [9.17, 15) is 13.2 Å². The zero-order chi connectivity index (χ0) is 10.8. The minimum absolute atomic E-state index is 0.0120. The van der Waals surface area contributed by atoms with Crippen LogP contribution in [0.25, 0.3) is 0 Å². The molecule has 0 aliphatic heterocycles. The molecule has 0 spiro atoms. The van der Waals surface area contributed by atoms with Gasteiger partial charge in [-0.15, -0.1) is 11.6 Å². The number of hydrogen-bond donors (Lipinski definition) is 1. The minimum Gasteiger partial charge on any atom is -0.281 e. The van der Waals surface area contributed by atoms with Crippen molar-refractivity contribution in [3.05, 3.63) is 17.0 Å². The second kappa shape index (κ2) is 3.93. The number of nitrogens with zero attached hydrogens (tertiary/aromatic N) is 1. The molecule has 0 fully saturated rings. The Balaban J connectivity index is 3.20. The molecule has 0 aliphatic rings. The largest absolute Gasteiger partial charge is 0.436 e. The van der Waals surface area contributed by atoms with Crippen molar-refractivity contribution in [3.63, 3.8) is 0 Å². The highest BCUT2D eigenvalue weighted by atomic mass is 35.5. The van der Waals surface area contributed by atoms with Gasteiger partial charge in [-0.25, -0.2) is 0 Å². The number of H-pyrrole nitrogens is 1. The molecule has 1 rings (SSSR count). The van der Waals surface area contributed by atoms with Crippen LogP contribution < -0.4 is 0 Å². The molecule has 0 atom stereocenters. The van der Waals surface area contributed by atoms with Crippen molar-refractivity contribution < 1.29 is 13.2 Å². The van der Waals surface area contributed by atoms with Crippen LogP contribution in [-0.4, -0.2) is 16.1 Å². The van der Waals surface area contributed by atoms with Crippen LogP contribution in [0, 0.1) is 18.8 Å². The molecule has 0 bridgehead atoms. The summed E-state index contributed by atoms with van der Waals surface area (Å²) >= 11 is 5.25. The van der Waals surface area contributed by atoms with Gasteiger partial charge in [-0.2, -0.15) is 18.3 Å². The fourth-order valence-electron chi connectivity index (χ4n) is 0.909. The van der Waals surface area contributed by atoms with Crippen molar-refractivity contribution in [2.24, 2.45) is 0 Å². The van der Waals surface area contributed by atoms with Gasteiger partial charge in [0, 0.05) is 5.69 Å². The third kappa shape index (κ3) is 2.20. The molecule has 1 aromatic rings. The summed E-state index contributed by atoms with van der Waals surface area (Å²) in [6, 6.07) is 0. The average molecular weight is 223 g/mol. The van der Waals surface area contributed by atoms with Crippen molar-refractivity contribution in [1.29, 1.82) is 0 Å². The maximum atomic E-state index is 12.3. The van der Waals surface area contributed by atoms with Crippen molar-refractivity contribution in [1.82, 2.24) is 10.2 Å². The van der Waals surface area contributed by atoms with Crippen LogP contribution in [0.2, 0.25) is 0 Å². The summed E-state index contributed by atoms with van der Waals surface area (Å²) in [5.74, 6) is 4.67. The summed E-state index contributed by atoms with van der Waals surface area (Å²) in [6.07, 6.45) is -4.49. The Hall–Kier alpha value is -1.15. The zero-order valence-corrected chi connectivity index (χ0v) is 7.92. The van der Waals surface area contributed by atoms with E-state index in [-0.39, 0.29) is 17.1 Å². The van der Waals surface area contributed by atoms with E-state index in [1.165, 1.54) is 6.92 Å². The lowest BCUT2D eigenvalue weighted by molar-refractivity contribution is -0.141. The summed E-state index contributed by atoms with van der Waals surface area (Å²) in [5, 5.41) is 5.38. The Bertz CT molecular complexity index is 384. The van der Waals surface area contributed by atoms with E-state index < -0.39 is 11.9 Å².